The SMILES string of the molecule is CCn1cc(-c2nc(C3CCCC3)n(CC)c2N)cn1. The molecule has 0 amide bonds. The van der Waals surface area contributed by atoms with Crippen LogP contribution in [0.25, 0.3) is 11.3 Å². The molecule has 2 heterocycles. The highest BCUT2D eigenvalue weighted by molar-refractivity contribution is 5.70. The van der Waals surface area contributed by atoms with Gasteiger partial charge >= 0.3 is 0 Å². The first kappa shape index (κ1) is 13.2. The average molecular weight is 273 g/mol. The summed E-state index contributed by atoms with van der Waals surface area (Å²) in [5.41, 5.74) is 8.25. The van der Waals surface area contributed by atoms with Gasteiger partial charge in [-0.3, -0.25) is 4.68 Å². The van der Waals surface area contributed by atoms with Gasteiger partial charge in [0.05, 0.1) is 6.20 Å². The van der Waals surface area contributed by atoms with E-state index < -0.39 is 0 Å². The average Bonchev–Trinajstić information content (AvgIpc) is 3.17. The minimum Gasteiger partial charge on any atom is -0.383 e. The summed E-state index contributed by atoms with van der Waals surface area (Å²) in [5.74, 6) is 2.53. The van der Waals surface area contributed by atoms with Crippen LogP contribution in [0.15, 0.2) is 12.4 Å². The molecule has 0 bridgehead atoms. The van der Waals surface area contributed by atoms with Gasteiger partial charge in [0.25, 0.3) is 0 Å². The molecule has 108 valence electrons. The maximum Gasteiger partial charge on any atom is 0.131 e. The Morgan fingerprint density at radius 3 is 2.60 bits per heavy atom. The number of nitrogens with two attached hydrogens (primary N) is 1. The number of rotatable bonds is 4. The minimum atomic E-state index is 0.576. The first-order chi connectivity index (χ1) is 9.74. The maximum absolute atomic E-state index is 6.33. The van der Waals surface area contributed by atoms with Crippen LogP contribution in [0.1, 0.15) is 51.3 Å². The van der Waals surface area contributed by atoms with E-state index in [-0.39, 0.29) is 0 Å². The van der Waals surface area contributed by atoms with E-state index in [9.17, 15) is 0 Å². The number of anilines is 1. The summed E-state index contributed by atoms with van der Waals surface area (Å²) in [5, 5.41) is 4.33. The van der Waals surface area contributed by atoms with Gasteiger partial charge in [0.15, 0.2) is 0 Å². The fraction of sp³-hybridized carbons (Fsp3) is 0.600. The molecular formula is C15H23N5. The zero-order valence-corrected chi connectivity index (χ0v) is 12.3. The quantitative estimate of drug-likeness (QED) is 0.931. The van der Waals surface area contributed by atoms with Crippen LogP contribution in [0.5, 0.6) is 0 Å². The molecule has 2 aromatic rings. The number of aryl methyl sites for hydroxylation is 1. The predicted molar refractivity (Wildman–Crippen MR) is 80.4 cm³/mol. The number of hydrogen-bond acceptors (Lipinski definition) is 3. The third kappa shape index (κ3) is 2.11. The zero-order chi connectivity index (χ0) is 14.1. The Morgan fingerprint density at radius 1 is 1.25 bits per heavy atom. The van der Waals surface area contributed by atoms with E-state index in [0.717, 1.165) is 30.2 Å². The smallest absolute Gasteiger partial charge is 0.131 e. The molecule has 5 nitrogen and oxygen atoms in total. The minimum absolute atomic E-state index is 0.576. The molecule has 0 aromatic carbocycles. The second kappa shape index (κ2) is 5.31. The van der Waals surface area contributed by atoms with E-state index in [1.54, 1.807) is 0 Å². The van der Waals surface area contributed by atoms with Gasteiger partial charge in [-0.15, -0.1) is 0 Å². The standard InChI is InChI=1S/C15H23N5/c1-3-19-10-12(9-17-19)13-14(16)20(4-2)15(18-13)11-7-5-6-8-11/h9-11H,3-8,16H2,1-2H3. The van der Waals surface area contributed by atoms with Crippen molar-refractivity contribution in [2.75, 3.05) is 5.73 Å². The topological polar surface area (TPSA) is 61.7 Å². The molecule has 0 saturated heterocycles. The Morgan fingerprint density at radius 2 is 2.00 bits per heavy atom. The molecule has 0 unspecified atom stereocenters. The fourth-order valence-corrected chi connectivity index (χ4v) is 3.18. The number of nitrogens with zero attached hydrogens (tertiary/aromatic N) is 4. The monoisotopic (exact) mass is 273 g/mol. The van der Waals surface area contributed by atoms with Crippen LogP contribution in [0.2, 0.25) is 0 Å². The maximum atomic E-state index is 6.33. The normalized spacial score (nSPS) is 16.1. The van der Waals surface area contributed by atoms with Crippen LogP contribution in [-0.2, 0) is 13.1 Å². The van der Waals surface area contributed by atoms with Crippen molar-refractivity contribution >= 4 is 5.82 Å². The molecule has 20 heavy (non-hydrogen) atoms. The second-order valence-electron chi connectivity index (χ2n) is 5.51. The van der Waals surface area contributed by atoms with E-state index in [2.05, 4.69) is 23.5 Å². The molecule has 0 aliphatic heterocycles. The van der Waals surface area contributed by atoms with Gasteiger partial charge in [-0.05, 0) is 26.7 Å². The van der Waals surface area contributed by atoms with E-state index in [4.69, 9.17) is 10.7 Å². The third-order valence-electron chi connectivity index (χ3n) is 4.30. The van der Waals surface area contributed by atoms with Crippen LogP contribution in [0.4, 0.5) is 5.82 Å². The summed E-state index contributed by atoms with van der Waals surface area (Å²) >= 11 is 0. The fourth-order valence-electron chi connectivity index (χ4n) is 3.18. The number of imidazole rings is 1. The first-order valence-corrected chi connectivity index (χ1v) is 7.63. The van der Waals surface area contributed by atoms with Crippen molar-refractivity contribution in [2.24, 2.45) is 0 Å². The highest BCUT2D eigenvalue weighted by Crippen LogP contribution is 2.37. The predicted octanol–water partition coefficient (Wildman–Crippen LogP) is 3.03. The lowest BCUT2D eigenvalue weighted by molar-refractivity contribution is 0.604. The summed E-state index contributed by atoms with van der Waals surface area (Å²) in [6.07, 6.45) is 8.99. The van der Waals surface area contributed by atoms with Gasteiger partial charge in [-0.25, -0.2) is 4.98 Å². The van der Waals surface area contributed by atoms with Crippen LogP contribution < -0.4 is 5.73 Å². The molecule has 0 spiro atoms. The van der Waals surface area contributed by atoms with Crippen molar-refractivity contribution in [3.05, 3.63) is 18.2 Å². The largest absolute Gasteiger partial charge is 0.383 e. The molecule has 1 aliphatic rings. The van der Waals surface area contributed by atoms with Crippen molar-refractivity contribution in [3.63, 3.8) is 0 Å². The van der Waals surface area contributed by atoms with E-state index in [1.807, 2.05) is 17.1 Å². The summed E-state index contributed by atoms with van der Waals surface area (Å²) < 4.78 is 4.09. The highest BCUT2D eigenvalue weighted by atomic mass is 15.3. The third-order valence-corrected chi connectivity index (χ3v) is 4.30. The van der Waals surface area contributed by atoms with Gasteiger partial charge in [0, 0.05) is 30.8 Å². The van der Waals surface area contributed by atoms with Gasteiger partial charge < -0.3 is 10.3 Å². The van der Waals surface area contributed by atoms with Crippen LogP contribution >= 0.6 is 0 Å². The van der Waals surface area contributed by atoms with Gasteiger partial charge in [0.2, 0.25) is 0 Å². The zero-order valence-electron chi connectivity index (χ0n) is 12.3. The lowest BCUT2D eigenvalue weighted by atomic mass is 10.1. The van der Waals surface area contributed by atoms with Crippen molar-refractivity contribution in [1.82, 2.24) is 19.3 Å². The van der Waals surface area contributed by atoms with Crippen molar-refractivity contribution in [2.45, 2.75) is 58.5 Å². The Bertz CT molecular complexity index is 589. The van der Waals surface area contributed by atoms with Crippen molar-refractivity contribution < 1.29 is 0 Å². The van der Waals surface area contributed by atoms with Gasteiger partial charge in [0.1, 0.15) is 17.3 Å². The highest BCUT2D eigenvalue weighted by Gasteiger charge is 2.25. The number of hydrogen-bond donors (Lipinski definition) is 1. The van der Waals surface area contributed by atoms with Gasteiger partial charge in [-0.1, -0.05) is 12.8 Å². The van der Waals surface area contributed by atoms with Crippen LogP contribution in [0.3, 0.4) is 0 Å². The lowest BCUT2D eigenvalue weighted by Gasteiger charge is -2.11. The molecule has 5 heteroatoms. The van der Waals surface area contributed by atoms with Crippen molar-refractivity contribution in [3.8, 4) is 11.3 Å². The molecule has 0 radical (unpaired) electrons. The number of aromatic nitrogens is 4. The van der Waals surface area contributed by atoms with E-state index >= 15 is 0 Å². The van der Waals surface area contributed by atoms with Gasteiger partial charge in [-0.2, -0.15) is 5.10 Å². The molecule has 3 rings (SSSR count). The summed E-state index contributed by atoms with van der Waals surface area (Å²) in [7, 11) is 0. The lowest BCUT2D eigenvalue weighted by Crippen LogP contribution is -2.08. The summed E-state index contributed by atoms with van der Waals surface area (Å²) in [6, 6.07) is 0. The first-order valence-electron chi connectivity index (χ1n) is 7.63. The summed E-state index contributed by atoms with van der Waals surface area (Å²) in [6.45, 7) is 5.96. The summed E-state index contributed by atoms with van der Waals surface area (Å²) in [4.78, 5) is 4.87. The Labute approximate surface area is 119 Å². The molecule has 2 N–H and O–H groups in total. The molecule has 1 aliphatic carbocycles. The van der Waals surface area contributed by atoms with Crippen LogP contribution in [-0.4, -0.2) is 19.3 Å². The Hall–Kier alpha value is -1.78. The second-order valence-corrected chi connectivity index (χ2v) is 5.51. The molecule has 2 aromatic heterocycles. The number of nitrogen functional groups attached to an aromatic ring is 1. The molecule has 1 fully saturated rings. The molecule has 1 saturated carbocycles. The Balaban J connectivity index is 2.02. The van der Waals surface area contributed by atoms with Crippen molar-refractivity contribution in [1.29, 1.82) is 0 Å². The Kier molecular flexibility index (Phi) is 3.51. The van der Waals surface area contributed by atoms with E-state index in [1.165, 1.54) is 31.5 Å². The molecule has 0 atom stereocenters. The van der Waals surface area contributed by atoms with Crippen LogP contribution in [0, 0.1) is 0 Å². The molecular weight excluding hydrogens is 250 g/mol. The van der Waals surface area contributed by atoms with E-state index in [0.29, 0.717) is 5.92 Å².